The fourth-order valence-corrected chi connectivity index (χ4v) is 3.06. The Labute approximate surface area is 147 Å². The van der Waals surface area contributed by atoms with Gasteiger partial charge in [-0.1, -0.05) is 48.5 Å². The van der Waals surface area contributed by atoms with Crippen LogP contribution < -0.4 is 5.32 Å². The molecule has 5 heteroatoms. The number of hydrogen-bond donors (Lipinski definition) is 3. The predicted molar refractivity (Wildman–Crippen MR) is 98.6 cm³/mol. The van der Waals surface area contributed by atoms with Crippen molar-refractivity contribution in [1.29, 1.82) is 0 Å². The summed E-state index contributed by atoms with van der Waals surface area (Å²) in [6.07, 6.45) is 2.14. The van der Waals surface area contributed by atoms with E-state index in [1.165, 1.54) is 0 Å². The smallest absolute Gasteiger partial charge is 0.321 e. The number of aryl methyl sites for hydroxylation is 1. The number of hydrogen-bond acceptors (Lipinski definition) is 3. The van der Waals surface area contributed by atoms with Crippen molar-refractivity contribution >= 4 is 16.9 Å². The summed E-state index contributed by atoms with van der Waals surface area (Å²) in [5, 5.41) is 21.3. The van der Waals surface area contributed by atoms with Gasteiger partial charge in [-0.05, 0) is 37.8 Å². The maximum Gasteiger partial charge on any atom is 0.321 e. The third kappa shape index (κ3) is 4.45. The van der Waals surface area contributed by atoms with Crippen LogP contribution in [0.15, 0.2) is 54.6 Å². The first-order chi connectivity index (χ1) is 12.1. The fourth-order valence-electron chi connectivity index (χ4n) is 3.06. The van der Waals surface area contributed by atoms with Crippen LogP contribution in [0, 0.1) is 0 Å². The van der Waals surface area contributed by atoms with Gasteiger partial charge in [0.25, 0.3) is 0 Å². The molecule has 3 N–H and O–H groups in total. The zero-order valence-corrected chi connectivity index (χ0v) is 14.3. The molecule has 1 heterocycles. The van der Waals surface area contributed by atoms with Crippen LogP contribution in [0.3, 0.4) is 0 Å². The van der Waals surface area contributed by atoms with Gasteiger partial charge in [-0.2, -0.15) is 5.10 Å². The number of aromatic amines is 1. The number of carbonyl (C=O) groups is 1. The minimum absolute atomic E-state index is 0.0897. The van der Waals surface area contributed by atoms with E-state index in [9.17, 15) is 9.90 Å². The SMILES string of the molecule is CC(CCc1[nH]nc2ccccc12)N[C@@H](Cc1ccccc1)C(=O)O. The van der Waals surface area contributed by atoms with Crippen LogP contribution >= 0.6 is 0 Å². The molecule has 0 saturated heterocycles. The lowest BCUT2D eigenvalue weighted by Crippen LogP contribution is -2.43. The summed E-state index contributed by atoms with van der Waals surface area (Å²) >= 11 is 0. The summed E-state index contributed by atoms with van der Waals surface area (Å²) in [5.41, 5.74) is 3.08. The van der Waals surface area contributed by atoms with Gasteiger partial charge in [-0.15, -0.1) is 0 Å². The molecule has 2 atom stereocenters. The van der Waals surface area contributed by atoms with E-state index >= 15 is 0 Å². The molecule has 25 heavy (non-hydrogen) atoms. The number of fused-ring (bicyclic) bond motifs is 1. The van der Waals surface area contributed by atoms with Crippen LogP contribution in [-0.4, -0.2) is 33.4 Å². The maximum absolute atomic E-state index is 11.6. The highest BCUT2D eigenvalue weighted by atomic mass is 16.4. The van der Waals surface area contributed by atoms with E-state index in [1.807, 2.05) is 55.5 Å². The van der Waals surface area contributed by atoms with Crippen molar-refractivity contribution in [3.8, 4) is 0 Å². The fraction of sp³-hybridized carbons (Fsp3) is 0.300. The summed E-state index contributed by atoms with van der Waals surface area (Å²) in [6.45, 7) is 2.03. The molecule has 0 saturated carbocycles. The van der Waals surface area contributed by atoms with Gasteiger partial charge >= 0.3 is 5.97 Å². The molecule has 0 bridgehead atoms. The van der Waals surface area contributed by atoms with E-state index in [1.54, 1.807) is 0 Å². The number of benzene rings is 2. The van der Waals surface area contributed by atoms with Gasteiger partial charge in [0.05, 0.1) is 5.52 Å². The van der Waals surface area contributed by atoms with Gasteiger partial charge in [0.15, 0.2) is 0 Å². The second-order valence-corrected chi connectivity index (χ2v) is 6.41. The van der Waals surface area contributed by atoms with Crippen LogP contribution in [0.4, 0.5) is 0 Å². The Morgan fingerprint density at radius 2 is 1.88 bits per heavy atom. The molecule has 3 rings (SSSR count). The summed E-state index contributed by atoms with van der Waals surface area (Å²) in [4.78, 5) is 11.6. The molecule has 0 spiro atoms. The number of rotatable bonds is 8. The molecule has 1 aromatic heterocycles. The average Bonchev–Trinajstić information content (AvgIpc) is 3.03. The first-order valence-electron chi connectivity index (χ1n) is 8.58. The zero-order chi connectivity index (χ0) is 17.6. The number of carboxylic acids is 1. The maximum atomic E-state index is 11.6. The van der Waals surface area contributed by atoms with Crippen molar-refractivity contribution in [2.24, 2.45) is 0 Å². The van der Waals surface area contributed by atoms with E-state index in [0.29, 0.717) is 6.42 Å². The molecule has 5 nitrogen and oxygen atoms in total. The Hall–Kier alpha value is -2.66. The third-order valence-corrected chi connectivity index (χ3v) is 4.43. The second kappa shape index (κ2) is 7.94. The lowest BCUT2D eigenvalue weighted by molar-refractivity contribution is -0.139. The molecular weight excluding hydrogens is 314 g/mol. The van der Waals surface area contributed by atoms with Crippen molar-refractivity contribution < 1.29 is 9.90 Å². The minimum atomic E-state index is -0.817. The van der Waals surface area contributed by atoms with Crippen molar-refractivity contribution in [2.75, 3.05) is 0 Å². The van der Waals surface area contributed by atoms with E-state index in [0.717, 1.165) is 35.0 Å². The second-order valence-electron chi connectivity index (χ2n) is 6.41. The predicted octanol–water partition coefficient (Wildman–Crippen LogP) is 3.17. The molecule has 3 aromatic rings. The van der Waals surface area contributed by atoms with Crippen LogP contribution in [0.5, 0.6) is 0 Å². The number of aliphatic carboxylic acids is 1. The number of nitrogens with zero attached hydrogens (tertiary/aromatic N) is 1. The van der Waals surface area contributed by atoms with E-state index < -0.39 is 12.0 Å². The Morgan fingerprint density at radius 1 is 1.16 bits per heavy atom. The number of aromatic nitrogens is 2. The van der Waals surface area contributed by atoms with Gasteiger partial charge < -0.3 is 10.4 Å². The summed E-state index contributed by atoms with van der Waals surface area (Å²) in [5.74, 6) is -0.817. The van der Waals surface area contributed by atoms with E-state index in [2.05, 4.69) is 21.6 Å². The highest BCUT2D eigenvalue weighted by molar-refractivity contribution is 5.81. The molecule has 0 aliphatic carbocycles. The molecule has 0 aliphatic heterocycles. The average molecular weight is 337 g/mol. The lowest BCUT2D eigenvalue weighted by atomic mass is 10.0. The normalized spacial score (nSPS) is 13.6. The number of nitrogens with one attached hydrogen (secondary N) is 2. The lowest BCUT2D eigenvalue weighted by Gasteiger charge is -2.20. The monoisotopic (exact) mass is 337 g/mol. The van der Waals surface area contributed by atoms with E-state index in [-0.39, 0.29) is 6.04 Å². The van der Waals surface area contributed by atoms with Gasteiger partial charge in [0, 0.05) is 17.1 Å². The zero-order valence-electron chi connectivity index (χ0n) is 14.3. The first-order valence-corrected chi connectivity index (χ1v) is 8.58. The third-order valence-electron chi connectivity index (χ3n) is 4.43. The van der Waals surface area contributed by atoms with Crippen molar-refractivity contribution in [1.82, 2.24) is 15.5 Å². The Kier molecular flexibility index (Phi) is 5.46. The molecular formula is C20H23N3O2. The topological polar surface area (TPSA) is 78.0 Å². The van der Waals surface area contributed by atoms with Crippen molar-refractivity contribution in [2.45, 2.75) is 38.3 Å². The molecule has 1 unspecified atom stereocenters. The van der Waals surface area contributed by atoms with Crippen LogP contribution in [0.1, 0.15) is 24.6 Å². The number of carboxylic acid groups (broad SMARTS) is 1. The number of para-hydroxylation sites is 1. The molecule has 0 radical (unpaired) electrons. The largest absolute Gasteiger partial charge is 0.480 e. The van der Waals surface area contributed by atoms with Crippen LogP contribution in [0.2, 0.25) is 0 Å². The van der Waals surface area contributed by atoms with Crippen LogP contribution in [-0.2, 0) is 17.6 Å². The highest BCUT2D eigenvalue weighted by Crippen LogP contribution is 2.17. The van der Waals surface area contributed by atoms with Gasteiger partial charge in [0.1, 0.15) is 6.04 Å². The van der Waals surface area contributed by atoms with E-state index in [4.69, 9.17) is 0 Å². The van der Waals surface area contributed by atoms with Gasteiger partial charge in [0.2, 0.25) is 0 Å². The Morgan fingerprint density at radius 3 is 2.64 bits per heavy atom. The minimum Gasteiger partial charge on any atom is -0.480 e. The molecule has 0 fully saturated rings. The van der Waals surface area contributed by atoms with Gasteiger partial charge in [-0.25, -0.2) is 0 Å². The molecule has 2 aromatic carbocycles. The molecule has 0 amide bonds. The standard InChI is InChI=1S/C20H23N3O2/c1-14(11-12-18-16-9-5-6-10-17(16)22-23-18)21-19(20(24)25)13-15-7-3-2-4-8-15/h2-10,14,19,21H,11-13H2,1H3,(H,22,23)(H,24,25)/t14?,19-/m0/s1. The quantitative estimate of drug-likeness (QED) is 0.590. The highest BCUT2D eigenvalue weighted by Gasteiger charge is 2.20. The summed E-state index contributed by atoms with van der Waals surface area (Å²) in [7, 11) is 0. The van der Waals surface area contributed by atoms with Crippen molar-refractivity contribution in [3.63, 3.8) is 0 Å². The van der Waals surface area contributed by atoms with Crippen LogP contribution in [0.25, 0.3) is 10.9 Å². The van der Waals surface area contributed by atoms with Crippen molar-refractivity contribution in [3.05, 3.63) is 65.9 Å². The summed E-state index contributed by atoms with van der Waals surface area (Å²) in [6, 6.07) is 17.2. The molecule has 0 aliphatic rings. The number of H-pyrrole nitrogens is 1. The molecule has 130 valence electrons. The first kappa shape index (κ1) is 17.2. The summed E-state index contributed by atoms with van der Waals surface area (Å²) < 4.78 is 0. The Balaban J connectivity index is 1.58. The van der Waals surface area contributed by atoms with Gasteiger partial charge in [-0.3, -0.25) is 9.89 Å². The Bertz CT molecular complexity index is 829.